The predicted octanol–water partition coefficient (Wildman–Crippen LogP) is 2.47. The van der Waals surface area contributed by atoms with Crippen LogP contribution >= 0.6 is 0 Å². The first-order valence-electron chi connectivity index (χ1n) is 10.5. The van der Waals surface area contributed by atoms with E-state index in [-0.39, 0.29) is 18.1 Å². The van der Waals surface area contributed by atoms with Crippen molar-refractivity contribution in [3.8, 4) is 0 Å². The third-order valence-electron chi connectivity index (χ3n) is 9.58. The lowest BCUT2D eigenvalue weighted by Crippen LogP contribution is -2.60. The average molecular weight is 353 g/mol. The molecular weight excluding hydrogens is 316 g/mol. The first-order chi connectivity index (χ1) is 11.8. The molecule has 0 aromatic carbocycles. The van der Waals surface area contributed by atoms with Crippen molar-refractivity contribution < 1.29 is 20.4 Å². The zero-order valence-electron chi connectivity index (χ0n) is 15.8. The van der Waals surface area contributed by atoms with Gasteiger partial charge >= 0.3 is 0 Å². The van der Waals surface area contributed by atoms with Gasteiger partial charge in [0.1, 0.15) is 6.10 Å². The molecule has 4 heteroatoms. The molecule has 4 rings (SSSR count). The van der Waals surface area contributed by atoms with E-state index in [0.717, 1.165) is 38.5 Å². The molecule has 0 heterocycles. The van der Waals surface area contributed by atoms with Crippen molar-refractivity contribution in [2.24, 2.45) is 34.5 Å². The number of hydrogen-bond donors (Lipinski definition) is 4. The normalized spacial score (nSPS) is 56.6. The summed E-state index contributed by atoms with van der Waals surface area (Å²) in [5, 5.41) is 41.3. The molecule has 0 aromatic heterocycles. The van der Waals surface area contributed by atoms with Gasteiger partial charge in [0.05, 0.1) is 18.3 Å². The van der Waals surface area contributed by atoms with Gasteiger partial charge in [-0.3, -0.25) is 0 Å². The molecule has 0 bridgehead atoms. The van der Waals surface area contributed by atoms with Gasteiger partial charge in [-0.1, -0.05) is 13.8 Å². The molecule has 0 amide bonds. The average Bonchev–Trinajstić information content (AvgIpc) is 2.87. The van der Waals surface area contributed by atoms with Crippen molar-refractivity contribution in [2.45, 2.75) is 89.4 Å². The van der Waals surface area contributed by atoms with Crippen molar-refractivity contribution in [1.29, 1.82) is 0 Å². The highest BCUT2D eigenvalue weighted by molar-refractivity contribution is 5.15. The molecule has 4 fully saturated rings. The summed E-state index contributed by atoms with van der Waals surface area (Å²) >= 11 is 0. The zero-order valence-corrected chi connectivity index (χ0v) is 15.8. The van der Waals surface area contributed by atoms with Crippen molar-refractivity contribution in [3.63, 3.8) is 0 Å². The second-order valence-electron chi connectivity index (χ2n) is 10.2. The van der Waals surface area contributed by atoms with E-state index in [4.69, 9.17) is 0 Å². The Morgan fingerprint density at radius 1 is 0.960 bits per heavy atom. The lowest BCUT2D eigenvalue weighted by Gasteiger charge is -2.61. The molecule has 4 aliphatic carbocycles. The molecule has 0 aromatic rings. The van der Waals surface area contributed by atoms with Crippen LogP contribution in [0.15, 0.2) is 0 Å². The number of aliphatic hydroxyl groups excluding tert-OH is 3. The summed E-state index contributed by atoms with van der Waals surface area (Å²) in [5.41, 5.74) is -1.09. The monoisotopic (exact) mass is 352 g/mol. The number of rotatable bonds is 2. The maximum Gasteiger partial charge on any atom is 0.106 e. The molecule has 4 N–H and O–H groups in total. The fourth-order valence-electron chi connectivity index (χ4n) is 7.98. The standard InChI is InChI=1S/C21H36O4/c1-19-8-5-14(23)11-13(19)3-4-15-16(19)6-9-20(2)17(15)7-10-21(20,25)18(24)12-22/h13-18,22-25H,3-12H2,1-2H3/t13-,14-,15-,16+,17+,18?,19+,20+,21+/m1/s1. The van der Waals surface area contributed by atoms with Crippen molar-refractivity contribution in [1.82, 2.24) is 0 Å². The SMILES string of the molecule is C[C@]12CC[C@@H](O)C[C@H]1CC[C@@H]1[C@@H]2CC[C@@]2(C)[C@H]1CC[C@]2(O)C(O)CO. The van der Waals surface area contributed by atoms with Crippen LogP contribution in [0.1, 0.15) is 71.6 Å². The summed E-state index contributed by atoms with van der Waals surface area (Å²) in [6.07, 6.45) is 7.92. The van der Waals surface area contributed by atoms with Crippen molar-refractivity contribution in [2.75, 3.05) is 6.61 Å². The molecule has 4 saturated carbocycles. The topological polar surface area (TPSA) is 80.9 Å². The highest BCUT2D eigenvalue weighted by Gasteiger charge is 2.66. The lowest BCUT2D eigenvalue weighted by atomic mass is 9.44. The highest BCUT2D eigenvalue weighted by Crippen LogP contribution is 2.68. The first kappa shape index (κ1) is 18.2. The van der Waals surface area contributed by atoms with Crippen LogP contribution in [0.2, 0.25) is 0 Å². The van der Waals surface area contributed by atoms with E-state index in [9.17, 15) is 20.4 Å². The van der Waals surface area contributed by atoms with Gasteiger partial charge in [0.25, 0.3) is 0 Å². The Bertz CT molecular complexity index is 524. The van der Waals surface area contributed by atoms with Crippen LogP contribution in [-0.2, 0) is 0 Å². The van der Waals surface area contributed by atoms with Gasteiger partial charge in [0.2, 0.25) is 0 Å². The molecule has 4 nitrogen and oxygen atoms in total. The Morgan fingerprint density at radius 3 is 2.40 bits per heavy atom. The van der Waals surface area contributed by atoms with E-state index in [2.05, 4.69) is 13.8 Å². The Hall–Kier alpha value is -0.160. The van der Waals surface area contributed by atoms with E-state index < -0.39 is 11.7 Å². The number of hydrogen-bond acceptors (Lipinski definition) is 4. The summed E-state index contributed by atoms with van der Waals surface area (Å²) in [6.45, 7) is 4.27. The Morgan fingerprint density at radius 2 is 1.68 bits per heavy atom. The minimum Gasteiger partial charge on any atom is -0.394 e. The van der Waals surface area contributed by atoms with Crippen LogP contribution in [0.25, 0.3) is 0 Å². The van der Waals surface area contributed by atoms with Gasteiger partial charge in [-0.25, -0.2) is 0 Å². The summed E-state index contributed by atoms with van der Waals surface area (Å²) in [6, 6.07) is 0. The van der Waals surface area contributed by atoms with Crippen LogP contribution in [0.5, 0.6) is 0 Å². The van der Waals surface area contributed by atoms with Crippen molar-refractivity contribution >= 4 is 0 Å². The summed E-state index contributed by atoms with van der Waals surface area (Å²) < 4.78 is 0. The van der Waals surface area contributed by atoms with E-state index in [0.29, 0.717) is 35.5 Å². The third-order valence-corrected chi connectivity index (χ3v) is 9.58. The smallest absolute Gasteiger partial charge is 0.106 e. The minimum atomic E-state index is -1.14. The van der Waals surface area contributed by atoms with E-state index in [1.807, 2.05) is 0 Å². The van der Waals surface area contributed by atoms with Gasteiger partial charge in [-0.05, 0) is 86.9 Å². The van der Waals surface area contributed by atoms with Crippen LogP contribution in [0.3, 0.4) is 0 Å². The van der Waals surface area contributed by atoms with Gasteiger partial charge in [-0.15, -0.1) is 0 Å². The second kappa shape index (κ2) is 5.92. The molecule has 144 valence electrons. The molecule has 1 unspecified atom stereocenters. The lowest BCUT2D eigenvalue weighted by molar-refractivity contribution is -0.196. The second-order valence-corrected chi connectivity index (χ2v) is 10.2. The quantitative estimate of drug-likeness (QED) is 0.615. The molecule has 0 spiro atoms. The van der Waals surface area contributed by atoms with Crippen molar-refractivity contribution in [3.05, 3.63) is 0 Å². The van der Waals surface area contributed by atoms with Gasteiger partial charge in [0.15, 0.2) is 0 Å². The minimum absolute atomic E-state index is 0.111. The number of fused-ring (bicyclic) bond motifs is 5. The Balaban J connectivity index is 1.62. The maximum atomic E-state index is 11.3. The van der Waals surface area contributed by atoms with Crippen LogP contribution in [0, 0.1) is 34.5 Å². The Kier molecular flexibility index (Phi) is 4.31. The molecule has 0 aliphatic heterocycles. The third kappa shape index (κ3) is 2.33. The molecule has 9 atom stereocenters. The number of aliphatic hydroxyl groups is 4. The summed E-state index contributed by atoms with van der Waals surface area (Å²) in [7, 11) is 0. The van der Waals surface area contributed by atoms with E-state index >= 15 is 0 Å². The summed E-state index contributed by atoms with van der Waals surface area (Å²) in [5.74, 6) is 2.40. The van der Waals surface area contributed by atoms with Gasteiger partial charge < -0.3 is 20.4 Å². The molecule has 0 saturated heterocycles. The van der Waals surface area contributed by atoms with Crippen LogP contribution < -0.4 is 0 Å². The largest absolute Gasteiger partial charge is 0.394 e. The fraction of sp³-hybridized carbons (Fsp3) is 1.00. The molecular formula is C21H36O4. The van der Waals surface area contributed by atoms with Crippen LogP contribution in [-0.4, -0.2) is 44.8 Å². The van der Waals surface area contributed by atoms with Gasteiger partial charge in [-0.2, -0.15) is 0 Å². The summed E-state index contributed by atoms with van der Waals surface area (Å²) in [4.78, 5) is 0. The Labute approximate surface area is 151 Å². The molecule has 0 radical (unpaired) electrons. The molecule has 25 heavy (non-hydrogen) atoms. The predicted molar refractivity (Wildman–Crippen MR) is 95.8 cm³/mol. The zero-order chi connectivity index (χ0) is 18.0. The fourth-order valence-corrected chi connectivity index (χ4v) is 7.98. The van der Waals surface area contributed by atoms with E-state index in [1.165, 1.54) is 12.8 Å². The molecule has 4 aliphatic rings. The highest BCUT2D eigenvalue weighted by atomic mass is 16.4. The van der Waals surface area contributed by atoms with E-state index in [1.54, 1.807) is 0 Å². The first-order valence-corrected chi connectivity index (χ1v) is 10.5. The van der Waals surface area contributed by atoms with Crippen LogP contribution in [0.4, 0.5) is 0 Å². The maximum absolute atomic E-state index is 11.3. The van der Waals surface area contributed by atoms with Gasteiger partial charge in [0, 0.05) is 5.41 Å².